The first-order valence-corrected chi connectivity index (χ1v) is 7.70. The third-order valence-electron chi connectivity index (χ3n) is 3.49. The Morgan fingerprint density at radius 1 is 0.957 bits per heavy atom. The fourth-order valence-corrected chi connectivity index (χ4v) is 2.27. The molecule has 0 aliphatic heterocycles. The summed E-state index contributed by atoms with van der Waals surface area (Å²) in [6.45, 7) is 2.81. The van der Waals surface area contributed by atoms with Gasteiger partial charge in [0.25, 0.3) is 0 Å². The highest BCUT2D eigenvalue weighted by Crippen LogP contribution is 2.19. The molecule has 0 saturated carbocycles. The minimum absolute atomic E-state index is 0.609. The fraction of sp³-hybridized carbons (Fsp3) is 0.278. The van der Waals surface area contributed by atoms with E-state index in [4.69, 9.17) is 16.2 Å². The molecule has 0 aliphatic rings. The number of nitrogens with zero attached hydrogens (tertiary/aromatic N) is 2. The molecule has 0 saturated heterocycles. The molecule has 2 rings (SSSR count). The van der Waals surface area contributed by atoms with E-state index in [2.05, 4.69) is 9.89 Å². The van der Waals surface area contributed by atoms with E-state index in [9.17, 15) is 0 Å². The second-order valence-corrected chi connectivity index (χ2v) is 5.11. The molecular formula is C18H24N4O. The van der Waals surface area contributed by atoms with E-state index < -0.39 is 0 Å². The molecule has 0 fully saturated rings. The standard InChI is InChI=1S/C18H24N4O/c1-23-18-8-2-15(3-9-18)14-21-16-4-6-17(7-5-16)22(12-10-19)13-11-20/h2-9,14H,10-13,19-20H2,1H3. The summed E-state index contributed by atoms with van der Waals surface area (Å²) in [4.78, 5) is 6.67. The quantitative estimate of drug-likeness (QED) is 0.732. The van der Waals surface area contributed by atoms with Crippen molar-refractivity contribution in [1.29, 1.82) is 0 Å². The number of nitrogens with two attached hydrogens (primary N) is 2. The Morgan fingerprint density at radius 3 is 2.09 bits per heavy atom. The highest BCUT2D eigenvalue weighted by atomic mass is 16.5. The Morgan fingerprint density at radius 2 is 1.57 bits per heavy atom. The van der Waals surface area contributed by atoms with Crippen LogP contribution in [-0.2, 0) is 0 Å². The number of aliphatic imine (C=N–C) groups is 1. The van der Waals surface area contributed by atoms with E-state index >= 15 is 0 Å². The number of methoxy groups -OCH3 is 1. The van der Waals surface area contributed by atoms with Gasteiger partial charge in [-0.15, -0.1) is 0 Å². The van der Waals surface area contributed by atoms with Crippen molar-refractivity contribution in [2.45, 2.75) is 0 Å². The largest absolute Gasteiger partial charge is 0.497 e. The Bertz CT molecular complexity index is 602. The monoisotopic (exact) mass is 312 g/mol. The van der Waals surface area contributed by atoms with Crippen LogP contribution in [0.25, 0.3) is 0 Å². The van der Waals surface area contributed by atoms with Gasteiger partial charge in [-0.1, -0.05) is 0 Å². The van der Waals surface area contributed by atoms with Gasteiger partial charge in [-0.3, -0.25) is 4.99 Å². The molecule has 0 amide bonds. The molecule has 2 aromatic rings. The number of rotatable bonds is 8. The molecule has 0 atom stereocenters. The van der Waals surface area contributed by atoms with Gasteiger partial charge < -0.3 is 21.1 Å². The van der Waals surface area contributed by atoms with Gasteiger partial charge in [-0.25, -0.2) is 0 Å². The SMILES string of the molecule is COc1ccc(C=Nc2ccc(N(CCN)CCN)cc2)cc1. The lowest BCUT2D eigenvalue weighted by Gasteiger charge is -2.23. The smallest absolute Gasteiger partial charge is 0.118 e. The summed E-state index contributed by atoms with van der Waals surface area (Å²) in [5.74, 6) is 0.839. The van der Waals surface area contributed by atoms with Gasteiger partial charge in [-0.05, 0) is 54.1 Å². The molecule has 0 radical (unpaired) electrons. The highest BCUT2D eigenvalue weighted by Gasteiger charge is 2.04. The minimum atomic E-state index is 0.609. The van der Waals surface area contributed by atoms with Crippen molar-refractivity contribution in [1.82, 2.24) is 0 Å². The number of anilines is 1. The fourth-order valence-electron chi connectivity index (χ4n) is 2.27. The zero-order valence-electron chi connectivity index (χ0n) is 13.5. The number of hydrogen-bond acceptors (Lipinski definition) is 5. The van der Waals surface area contributed by atoms with E-state index in [1.807, 2.05) is 54.7 Å². The van der Waals surface area contributed by atoms with E-state index in [-0.39, 0.29) is 0 Å². The Kier molecular flexibility index (Phi) is 6.59. The zero-order valence-corrected chi connectivity index (χ0v) is 13.5. The van der Waals surface area contributed by atoms with Gasteiger partial charge in [0.1, 0.15) is 5.75 Å². The molecule has 4 N–H and O–H groups in total. The molecule has 0 bridgehead atoms. The van der Waals surface area contributed by atoms with Crippen molar-refractivity contribution >= 4 is 17.6 Å². The first-order valence-electron chi connectivity index (χ1n) is 7.70. The van der Waals surface area contributed by atoms with Gasteiger partial charge in [-0.2, -0.15) is 0 Å². The van der Waals surface area contributed by atoms with Gasteiger partial charge in [0, 0.05) is 38.1 Å². The van der Waals surface area contributed by atoms with Crippen molar-refractivity contribution in [2.24, 2.45) is 16.5 Å². The van der Waals surface area contributed by atoms with Gasteiger partial charge >= 0.3 is 0 Å². The van der Waals surface area contributed by atoms with Crippen LogP contribution in [0.2, 0.25) is 0 Å². The lowest BCUT2D eigenvalue weighted by atomic mass is 10.2. The van der Waals surface area contributed by atoms with Crippen LogP contribution in [0.4, 0.5) is 11.4 Å². The van der Waals surface area contributed by atoms with Crippen LogP contribution in [-0.4, -0.2) is 39.5 Å². The molecule has 122 valence electrons. The van der Waals surface area contributed by atoms with Crippen molar-refractivity contribution in [3.8, 4) is 5.75 Å². The van der Waals surface area contributed by atoms with Crippen molar-refractivity contribution in [3.63, 3.8) is 0 Å². The van der Waals surface area contributed by atoms with Gasteiger partial charge in [0.05, 0.1) is 12.8 Å². The van der Waals surface area contributed by atoms with E-state index in [0.29, 0.717) is 13.1 Å². The summed E-state index contributed by atoms with van der Waals surface area (Å²) < 4.78 is 5.14. The predicted octanol–water partition coefficient (Wildman–Crippen LogP) is 2.17. The van der Waals surface area contributed by atoms with E-state index in [0.717, 1.165) is 35.8 Å². The molecule has 0 aliphatic carbocycles. The van der Waals surface area contributed by atoms with Crippen LogP contribution in [0.1, 0.15) is 5.56 Å². The zero-order chi connectivity index (χ0) is 16.5. The van der Waals surface area contributed by atoms with Crippen LogP contribution in [0.5, 0.6) is 5.75 Å². The molecule has 23 heavy (non-hydrogen) atoms. The van der Waals surface area contributed by atoms with Crippen molar-refractivity contribution < 1.29 is 4.74 Å². The van der Waals surface area contributed by atoms with Crippen LogP contribution < -0.4 is 21.1 Å². The molecule has 0 aromatic heterocycles. The van der Waals surface area contributed by atoms with E-state index in [1.165, 1.54) is 0 Å². The lowest BCUT2D eigenvalue weighted by molar-refractivity contribution is 0.415. The van der Waals surface area contributed by atoms with Gasteiger partial charge in [0.2, 0.25) is 0 Å². The normalized spacial score (nSPS) is 10.9. The first kappa shape index (κ1) is 17.0. The molecule has 5 heteroatoms. The third kappa shape index (κ3) is 5.09. The summed E-state index contributed by atoms with van der Waals surface area (Å²) in [6.07, 6.45) is 1.84. The van der Waals surface area contributed by atoms with E-state index in [1.54, 1.807) is 7.11 Å². The summed E-state index contributed by atoms with van der Waals surface area (Å²) in [5, 5.41) is 0. The summed E-state index contributed by atoms with van der Waals surface area (Å²) in [6, 6.07) is 15.9. The molecule has 5 nitrogen and oxygen atoms in total. The van der Waals surface area contributed by atoms with Crippen molar-refractivity contribution in [3.05, 3.63) is 54.1 Å². The molecule has 0 heterocycles. The number of benzene rings is 2. The Hall–Kier alpha value is -2.37. The number of hydrogen-bond donors (Lipinski definition) is 2. The second kappa shape index (κ2) is 8.92. The average Bonchev–Trinajstić information content (AvgIpc) is 2.61. The summed E-state index contributed by atoms with van der Waals surface area (Å²) in [5.41, 5.74) is 14.3. The van der Waals surface area contributed by atoms with Gasteiger partial charge in [0.15, 0.2) is 0 Å². The molecule has 2 aromatic carbocycles. The van der Waals surface area contributed by atoms with Crippen LogP contribution in [0.3, 0.4) is 0 Å². The molecular weight excluding hydrogens is 288 g/mol. The van der Waals surface area contributed by atoms with Crippen LogP contribution in [0.15, 0.2) is 53.5 Å². The van der Waals surface area contributed by atoms with Crippen molar-refractivity contribution in [2.75, 3.05) is 38.2 Å². The maximum atomic E-state index is 5.64. The average molecular weight is 312 g/mol. The van der Waals surface area contributed by atoms with Crippen LogP contribution in [0, 0.1) is 0 Å². The second-order valence-electron chi connectivity index (χ2n) is 5.11. The Balaban J connectivity index is 2.04. The third-order valence-corrected chi connectivity index (χ3v) is 3.49. The molecule has 0 spiro atoms. The maximum absolute atomic E-state index is 5.64. The minimum Gasteiger partial charge on any atom is -0.497 e. The summed E-state index contributed by atoms with van der Waals surface area (Å²) in [7, 11) is 1.66. The first-order chi connectivity index (χ1) is 11.3. The predicted molar refractivity (Wildman–Crippen MR) is 97.0 cm³/mol. The number of ether oxygens (including phenoxy) is 1. The van der Waals surface area contributed by atoms with Crippen LogP contribution >= 0.6 is 0 Å². The Labute approximate surface area is 137 Å². The topological polar surface area (TPSA) is 76.9 Å². The lowest BCUT2D eigenvalue weighted by Crippen LogP contribution is -2.33. The summed E-state index contributed by atoms with van der Waals surface area (Å²) >= 11 is 0. The maximum Gasteiger partial charge on any atom is 0.118 e. The molecule has 0 unspecified atom stereocenters. The highest BCUT2D eigenvalue weighted by molar-refractivity contribution is 5.82.